The number of carboxylic acid groups (broad SMARTS) is 1. The molecule has 0 saturated heterocycles. The van der Waals surface area contributed by atoms with Gasteiger partial charge in [0.2, 0.25) is 0 Å². The number of hydrogen-bond acceptors (Lipinski definition) is 2. The summed E-state index contributed by atoms with van der Waals surface area (Å²) in [6.07, 6.45) is 0. The van der Waals surface area contributed by atoms with E-state index in [0.29, 0.717) is 0 Å². The summed E-state index contributed by atoms with van der Waals surface area (Å²) < 4.78 is 0. The van der Waals surface area contributed by atoms with Crippen LogP contribution in [0.5, 0.6) is 0 Å². The van der Waals surface area contributed by atoms with Gasteiger partial charge in [-0.1, -0.05) is 0 Å². The van der Waals surface area contributed by atoms with Crippen LogP contribution in [0.15, 0.2) is 0 Å². The van der Waals surface area contributed by atoms with Crippen molar-refractivity contribution >= 4 is 5.97 Å². The molecule has 0 unspecified atom stereocenters. The highest BCUT2D eigenvalue weighted by molar-refractivity contribution is 5.68. The summed E-state index contributed by atoms with van der Waals surface area (Å²) in [5, 5.41) is 9.27. The van der Waals surface area contributed by atoms with E-state index < -0.39 is 12.5 Å². The molecule has 0 aliphatic rings. The minimum Gasteiger partial charge on any atom is -0.543 e. The summed E-state index contributed by atoms with van der Waals surface area (Å²) in [6, 6.07) is 0. The highest BCUT2D eigenvalue weighted by Gasteiger charge is 1.77. The second kappa shape index (κ2) is 2.21. The predicted molar refractivity (Wildman–Crippen MR) is 16.5 cm³/mol. The van der Waals surface area contributed by atoms with E-state index in [9.17, 15) is 9.90 Å². The Bertz CT molecular complexity index is 91.5. The normalized spacial score (nSPS) is 6.50. The van der Waals surface area contributed by atoms with Gasteiger partial charge in [0.15, 0.2) is 0 Å². The zero-order valence-corrected chi connectivity index (χ0v) is 2.97. The van der Waals surface area contributed by atoms with Gasteiger partial charge in [0, 0.05) is 0 Å². The summed E-state index contributed by atoms with van der Waals surface area (Å²) in [5.41, 5.74) is 0. The third-order valence-corrected chi connectivity index (χ3v) is 0.208. The number of carbonyl (C=O) groups excluding carboxylic acids is 1. The number of carbonyl (C=O) groups is 1. The van der Waals surface area contributed by atoms with E-state index in [-0.39, 0.29) is 0 Å². The van der Waals surface area contributed by atoms with Gasteiger partial charge in [0.25, 0.3) is 6.54 Å². The largest absolute Gasteiger partial charge is 0.543 e. The molecule has 0 aliphatic carbocycles. The maximum atomic E-state index is 9.27. The van der Waals surface area contributed by atoms with Crippen LogP contribution in [0.2, 0.25) is 0 Å². The molecule has 0 atom stereocenters. The fraction of sp³-hybridized carbons (Fsp3) is 0.333. The molecule has 0 radical (unpaired) electrons. The van der Waals surface area contributed by atoms with Gasteiger partial charge in [-0.25, -0.2) is 6.57 Å². The van der Waals surface area contributed by atoms with E-state index in [4.69, 9.17) is 6.57 Å². The van der Waals surface area contributed by atoms with Crippen molar-refractivity contribution in [1.29, 1.82) is 0 Å². The van der Waals surface area contributed by atoms with Gasteiger partial charge in [0.1, 0.15) is 5.97 Å². The summed E-state index contributed by atoms with van der Waals surface area (Å²) in [5.74, 6) is -1.31. The Morgan fingerprint density at radius 2 is 2.50 bits per heavy atom. The van der Waals surface area contributed by atoms with E-state index in [1.54, 1.807) is 0 Å². The first-order chi connectivity index (χ1) is 2.77. The maximum absolute atomic E-state index is 9.27. The van der Waals surface area contributed by atoms with Gasteiger partial charge in [-0.15, -0.1) is 0 Å². The Morgan fingerprint density at radius 3 is 2.50 bits per heavy atom. The monoisotopic (exact) mass is 84.0 g/mol. The summed E-state index contributed by atoms with van der Waals surface area (Å²) in [7, 11) is 0. The Balaban J connectivity index is 3.13. The predicted octanol–water partition coefficient (Wildman–Crippen LogP) is -1.34. The van der Waals surface area contributed by atoms with E-state index in [2.05, 4.69) is 4.85 Å². The molecule has 0 fully saturated rings. The number of rotatable bonds is 1. The number of carboxylic acids is 1. The molecular formula is C3H2NO2-. The topological polar surface area (TPSA) is 44.5 Å². The Morgan fingerprint density at radius 1 is 2.00 bits per heavy atom. The first-order valence-corrected chi connectivity index (χ1v) is 1.30. The smallest absolute Gasteiger partial charge is 0.253 e. The second-order valence-electron chi connectivity index (χ2n) is 0.688. The van der Waals surface area contributed by atoms with Crippen LogP contribution in [-0.2, 0) is 4.79 Å². The van der Waals surface area contributed by atoms with Crippen LogP contribution < -0.4 is 5.11 Å². The molecule has 0 heterocycles. The van der Waals surface area contributed by atoms with Crippen molar-refractivity contribution in [3.05, 3.63) is 11.4 Å². The van der Waals surface area contributed by atoms with Gasteiger partial charge < -0.3 is 14.7 Å². The van der Waals surface area contributed by atoms with Crippen molar-refractivity contribution in [3.8, 4) is 0 Å². The molecule has 0 N–H and O–H groups in total. The molecular weight excluding hydrogens is 82.0 g/mol. The van der Waals surface area contributed by atoms with Crippen molar-refractivity contribution in [3.63, 3.8) is 0 Å². The summed E-state index contributed by atoms with van der Waals surface area (Å²) in [6.45, 7) is 5.41. The van der Waals surface area contributed by atoms with Crippen LogP contribution in [-0.4, -0.2) is 12.5 Å². The molecule has 3 heteroatoms. The zero-order valence-electron chi connectivity index (χ0n) is 2.97. The van der Waals surface area contributed by atoms with Gasteiger partial charge >= 0.3 is 0 Å². The second-order valence-corrected chi connectivity index (χ2v) is 0.688. The lowest BCUT2D eigenvalue weighted by atomic mass is 10.7. The molecule has 0 saturated carbocycles. The third kappa shape index (κ3) is 2.96. The molecule has 3 nitrogen and oxygen atoms in total. The van der Waals surface area contributed by atoms with E-state index in [1.165, 1.54) is 0 Å². The first kappa shape index (κ1) is 4.96. The molecule has 0 aromatic heterocycles. The molecule has 0 rings (SSSR count). The zero-order chi connectivity index (χ0) is 4.99. The molecule has 32 valence electrons. The highest BCUT2D eigenvalue weighted by Crippen LogP contribution is 1.57. The molecule has 0 aromatic rings. The minimum atomic E-state index is -1.31. The fourth-order valence-corrected chi connectivity index (χ4v) is 0.0645. The minimum absolute atomic E-state index is 0.528. The summed E-state index contributed by atoms with van der Waals surface area (Å²) >= 11 is 0. The van der Waals surface area contributed by atoms with Gasteiger partial charge in [0.05, 0.1) is 0 Å². The lowest BCUT2D eigenvalue weighted by molar-refractivity contribution is -0.302. The number of aliphatic carboxylic acids is 1. The lowest BCUT2D eigenvalue weighted by Gasteiger charge is -1.82. The van der Waals surface area contributed by atoms with E-state index in [1.807, 2.05) is 0 Å². The van der Waals surface area contributed by atoms with Crippen LogP contribution in [0, 0.1) is 6.57 Å². The summed E-state index contributed by atoms with van der Waals surface area (Å²) in [4.78, 5) is 11.8. The van der Waals surface area contributed by atoms with Crippen LogP contribution >= 0.6 is 0 Å². The molecule has 0 aromatic carbocycles. The quantitative estimate of drug-likeness (QED) is 0.369. The first-order valence-electron chi connectivity index (χ1n) is 1.30. The lowest BCUT2D eigenvalue weighted by Crippen LogP contribution is -2.24. The van der Waals surface area contributed by atoms with Gasteiger partial charge in [-0.3, -0.25) is 0 Å². The van der Waals surface area contributed by atoms with Crippen LogP contribution in [0.25, 0.3) is 4.85 Å². The van der Waals surface area contributed by atoms with Gasteiger partial charge in [-0.05, 0) is 0 Å². The Kier molecular flexibility index (Phi) is 1.83. The molecule has 0 bridgehead atoms. The highest BCUT2D eigenvalue weighted by atomic mass is 16.4. The maximum Gasteiger partial charge on any atom is 0.253 e. The fourth-order valence-electron chi connectivity index (χ4n) is 0.0645. The average Bonchev–Trinajstić information content (AvgIpc) is 1.35. The SMILES string of the molecule is [C-]#[N+]CC(=O)[O-]. The van der Waals surface area contributed by atoms with E-state index >= 15 is 0 Å². The van der Waals surface area contributed by atoms with Crippen molar-refractivity contribution < 1.29 is 9.90 Å². The van der Waals surface area contributed by atoms with Crippen LogP contribution in [0.1, 0.15) is 0 Å². The third-order valence-electron chi connectivity index (χ3n) is 0.208. The average molecular weight is 84.1 g/mol. The van der Waals surface area contributed by atoms with Crippen molar-refractivity contribution in [1.82, 2.24) is 0 Å². The molecule has 0 spiro atoms. The van der Waals surface area contributed by atoms with Crippen LogP contribution in [0.3, 0.4) is 0 Å². The standard InChI is InChI=1S/C3H3NO2/c1-4-2-3(5)6/h2H2,(H,5,6)/p-1. The van der Waals surface area contributed by atoms with E-state index in [0.717, 1.165) is 0 Å². The molecule has 0 aliphatic heterocycles. The Labute approximate surface area is 35.0 Å². The Hall–Kier alpha value is -1.04. The molecule has 0 amide bonds. The van der Waals surface area contributed by atoms with Gasteiger partial charge in [-0.2, -0.15) is 0 Å². The van der Waals surface area contributed by atoms with Crippen molar-refractivity contribution in [2.45, 2.75) is 0 Å². The van der Waals surface area contributed by atoms with Crippen LogP contribution in [0.4, 0.5) is 0 Å². The number of hydrogen-bond donors (Lipinski definition) is 0. The number of nitrogens with zero attached hydrogens (tertiary/aromatic N) is 1. The van der Waals surface area contributed by atoms with Crippen molar-refractivity contribution in [2.75, 3.05) is 6.54 Å². The molecule has 6 heavy (non-hydrogen) atoms. The van der Waals surface area contributed by atoms with Crippen molar-refractivity contribution in [2.24, 2.45) is 0 Å².